The fourth-order valence-electron chi connectivity index (χ4n) is 2.80. The zero-order valence-electron chi connectivity index (χ0n) is 17.4. The van der Waals surface area contributed by atoms with Crippen LogP contribution in [0.25, 0.3) is 6.08 Å². The smallest absolute Gasteiger partial charge is 0.255 e. The van der Waals surface area contributed by atoms with E-state index in [4.69, 9.17) is 4.74 Å². The van der Waals surface area contributed by atoms with E-state index in [0.717, 1.165) is 17.1 Å². The molecule has 0 saturated heterocycles. The van der Waals surface area contributed by atoms with Gasteiger partial charge in [-0.1, -0.05) is 0 Å². The topological polar surface area (TPSA) is 81.2 Å². The van der Waals surface area contributed by atoms with Crippen LogP contribution in [0.1, 0.15) is 43.5 Å². The number of carbonyl (C=O) groups excluding carboxylic acids is 2. The first-order valence-electron chi connectivity index (χ1n) is 9.47. The summed E-state index contributed by atoms with van der Waals surface area (Å²) < 4.78 is 5.09. The Morgan fingerprint density at radius 2 is 1.43 bits per heavy atom. The van der Waals surface area contributed by atoms with Gasteiger partial charge in [0.25, 0.3) is 5.91 Å². The second-order valence-electron chi connectivity index (χ2n) is 6.82. The molecule has 6 nitrogen and oxygen atoms in total. The van der Waals surface area contributed by atoms with Gasteiger partial charge in [0.1, 0.15) is 5.75 Å². The predicted molar refractivity (Wildman–Crippen MR) is 117 cm³/mol. The molecule has 1 N–H and O–H groups in total. The van der Waals surface area contributed by atoms with Crippen LogP contribution >= 0.6 is 0 Å². The van der Waals surface area contributed by atoms with Crippen molar-refractivity contribution in [3.63, 3.8) is 0 Å². The predicted octanol–water partition coefficient (Wildman–Crippen LogP) is 4.56. The van der Waals surface area contributed by atoms with Gasteiger partial charge < -0.3 is 10.1 Å². The van der Waals surface area contributed by atoms with Crippen LogP contribution in [0.4, 0.5) is 5.69 Å². The maximum Gasteiger partial charge on any atom is 0.255 e. The van der Waals surface area contributed by atoms with Crippen LogP contribution in [0.15, 0.2) is 54.6 Å². The number of carbonyl (C=O) groups is 2. The Kier molecular flexibility index (Phi) is 6.37. The van der Waals surface area contributed by atoms with E-state index < -0.39 is 0 Å². The lowest BCUT2D eigenvalue weighted by molar-refractivity contribution is 0.102. The van der Waals surface area contributed by atoms with Gasteiger partial charge in [0.2, 0.25) is 0 Å². The third kappa shape index (κ3) is 4.97. The van der Waals surface area contributed by atoms with Gasteiger partial charge in [-0.05, 0) is 81.5 Å². The number of methoxy groups -OCH3 is 1. The molecule has 0 aliphatic carbocycles. The van der Waals surface area contributed by atoms with E-state index in [2.05, 4.69) is 15.3 Å². The molecule has 1 heterocycles. The SMILES string of the molecule is COc1ccc(C(=O)Nc2ccc(C(=O)/C=C/c3nc(C)c(C)nc3C)cc2)cc1. The molecular weight excluding hydrogens is 378 g/mol. The molecule has 3 aromatic rings. The molecule has 1 amide bonds. The van der Waals surface area contributed by atoms with Crippen molar-refractivity contribution in [2.45, 2.75) is 20.8 Å². The lowest BCUT2D eigenvalue weighted by Crippen LogP contribution is -2.11. The summed E-state index contributed by atoms with van der Waals surface area (Å²) in [6, 6.07) is 13.6. The Morgan fingerprint density at radius 1 is 0.833 bits per heavy atom. The van der Waals surface area contributed by atoms with Gasteiger partial charge in [0.15, 0.2) is 5.78 Å². The molecular formula is C24H23N3O3. The Labute approximate surface area is 175 Å². The van der Waals surface area contributed by atoms with Crippen LogP contribution in [-0.2, 0) is 0 Å². The molecule has 30 heavy (non-hydrogen) atoms. The fourth-order valence-corrected chi connectivity index (χ4v) is 2.80. The second kappa shape index (κ2) is 9.13. The highest BCUT2D eigenvalue weighted by molar-refractivity contribution is 6.07. The third-order valence-corrected chi connectivity index (χ3v) is 4.69. The number of amides is 1. The molecule has 0 aliphatic rings. The van der Waals surface area contributed by atoms with Crippen molar-refractivity contribution in [2.75, 3.05) is 12.4 Å². The quantitative estimate of drug-likeness (QED) is 0.484. The summed E-state index contributed by atoms with van der Waals surface area (Å²) >= 11 is 0. The molecule has 0 aliphatic heterocycles. The van der Waals surface area contributed by atoms with Crippen molar-refractivity contribution in [3.8, 4) is 5.75 Å². The number of nitrogens with one attached hydrogen (secondary N) is 1. The zero-order valence-corrected chi connectivity index (χ0v) is 17.4. The lowest BCUT2D eigenvalue weighted by atomic mass is 10.1. The highest BCUT2D eigenvalue weighted by atomic mass is 16.5. The summed E-state index contributed by atoms with van der Waals surface area (Å²) in [4.78, 5) is 33.7. The second-order valence-corrected chi connectivity index (χ2v) is 6.82. The molecule has 0 atom stereocenters. The normalized spacial score (nSPS) is 10.8. The van der Waals surface area contributed by atoms with Crippen LogP contribution in [-0.4, -0.2) is 28.8 Å². The third-order valence-electron chi connectivity index (χ3n) is 4.69. The average molecular weight is 401 g/mol. The first-order chi connectivity index (χ1) is 14.4. The Hall–Kier alpha value is -3.80. The van der Waals surface area contributed by atoms with Crippen molar-refractivity contribution in [3.05, 3.63) is 88.5 Å². The Bertz CT molecular complexity index is 1100. The van der Waals surface area contributed by atoms with Crippen molar-refractivity contribution in [2.24, 2.45) is 0 Å². The number of nitrogens with zero attached hydrogens (tertiary/aromatic N) is 2. The summed E-state index contributed by atoms with van der Waals surface area (Å²) in [5, 5.41) is 2.81. The number of allylic oxidation sites excluding steroid dienone is 1. The van der Waals surface area contributed by atoms with E-state index in [9.17, 15) is 9.59 Å². The highest BCUT2D eigenvalue weighted by Gasteiger charge is 2.08. The first kappa shape index (κ1) is 20.9. The minimum atomic E-state index is -0.236. The van der Waals surface area contributed by atoms with Crippen molar-refractivity contribution < 1.29 is 14.3 Å². The summed E-state index contributed by atoms with van der Waals surface area (Å²) in [6.45, 7) is 5.66. The summed E-state index contributed by atoms with van der Waals surface area (Å²) in [5.74, 6) is 0.298. The molecule has 0 fully saturated rings. The fraction of sp³-hybridized carbons (Fsp3) is 0.167. The number of anilines is 1. The maximum absolute atomic E-state index is 12.5. The minimum Gasteiger partial charge on any atom is -0.497 e. The van der Waals surface area contributed by atoms with Gasteiger partial charge in [-0.3, -0.25) is 14.6 Å². The number of aryl methyl sites for hydroxylation is 3. The summed E-state index contributed by atoms with van der Waals surface area (Å²) in [7, 11) is 1.57. The van der Waals surface area contributed by atoms with E-state index in [1.54, 1.807) is 61.7 Å². The highest BCUT2D eigenvalue weighted by Crippen LogP contribution is 2.16. The molecule has 2 aromatic carbocycles. The van der Waals surface area contributed by atoms with Crippen LogP contribution in [0.2, 0.25) is 0 Å². The number of hydrogen-bond acceptors (Lipinski definition) is 5. The van der Waals surface area contributed by atoms with Gasteiger partial charge in [-0.2, -0.15) is 0 Å². The van der Waals surface area contributed by atoms with Gasteiger partial charge in [-0.25, -0.2) is 4.98 Å². The molecule has 3 rings (SSSR count). The largest absolute Gasteiger partial charge is 0.497 e. The number of benzene rings is 2. The van der Waals surface area contributed by atoms with E-state index in [1.165, 1.54) is 6.08 Å². The molecule has 6 heteroatoms. The molecule has 1 aromatic heterocycles. The van der Waals surface area contributed by atoms with Crippen LogP contribution in [0.3, 0.4) is 0 Å². The molecule has 0 unspecified atom stereocenters. The average Bonchev–Trinajstić information content (AvgIpc) is 2.75. The van der Waals surface area contributed by atoms with Crippen molar-refractivity contribution >= 4 is 23.5 Å². The Morgan fingerprint density at radius 3 is 2.07 bits per heavy atom. The van der Waals surface area contributed by atoms with Crippen LogP contribution in [0, 0.1) is 20.8 Å². The molecule has 0 bridgehead atoms. The number of rotatable bonds is 6. The summed E-state index contributed by atoms with van der Waals surface area (Å²) in [5.41, 5.74) is 4.81. The number of aromatic nitrogens is 2. The minimum absolute atomic E-state index is 0.151. The molecule has 0 spiro atoms. The molecule has 0 radical (unpaired) electrons. The van der Waals surface area contributed by atoms with Crippen molar-refractivity contribution in [1.29, 1.82) is 0 Å². The first-order valence-corrected chi connectivity index (χ1v) is 9.47. The van der Waals surface area contributed by atoms with Gasteiger partial charge in [0.05, 0.1) is 29.9 Å². The number of hydrogen-bond donors (Lipinski definition) is 1. The number of ketones is 1. The molecule has 0 saturated carbocycles. The van der Waals surface area contributed by atoms with Gasteiger partial charge >= 0.3 is 0 Å². The van der Waals surface area contributed by atoms with Crippen LogP contribution in [0.5, 0.6) is 5.75 Å². The maximum atomic E-state index is 12.5. The monoisotopic (exact) mass is 401 g/mol. The lowest BCUT2D eigenvalue weighted by Gasteiger charge is -2.07. The van der Waals surface area contributed by atoms with E-state index >= 15 is 0 Å². The summed E-state index contributed by atoms with van der Waals surface area (Å²) in [6.07, 6.45) is 3.16. The van der Waals surface area contributed by atoms with Gasteiger partial charge in [-0.15, -0.1) is 0 Å². The van der Waals surface area contributed by atoms with Crippen molar-refractivity contribution in [1.82, 2.24) is 9.97 Å². The van der Waals surface area contributed by atoms with E-state index in [0.29, 0.717) is 28.3 Å². The van der Waals surface area contributed by atoms with Gasteiger partial charge in [0, 0.05) is 16.8 Å². The zero-order chi connectivity index (χ0) is 21.7. The standard InChI is InChI=1S/C24H23N3O3/c1-15-16(2)26-22(17(3)25-15)13-14-23(28)18-5-9-20(10-6-18)27-24(29)19-7-11-21(30-4)12-8-19/h5-14H,1-4H3,(H,27,29)/b14-13+. The van der Waals surface area contributed by atoms with E-state index in [1.807, 2.05) is 20.8 Å². The Balaban J connectivity index is 1.66. The molecule has 152 valence electrons. The van der Waals surface area contributed by atoms with Crippen LogP contribution < -0.4 is 10.1 Å². The number of ether oxygens (including phenoxy) is 1. The van der Waals surface area contributed by atoms with E-state index in [-0.39, 0.29) is 11.7 Å².